The van der Waals surface area contributed by atoms with Crippen molar-refractivity contribution in [2.45, 2.75) is 11.8 Å². The molecule has 0 radical (unpaired) electrons. The molecule has 0 aliphatic rings. The summed E-state index contributed by atoms with van der Waals surface area (Å²) in [6.07, 6.45) is -4.94. The first-order valence-electron chi connectivity index (χ1n) is 7.93. The molecule has 1 amide bonds. The molecule has 0 spiro atoms. The first kappa shape index (κ1) is 17.9. The summed E-state index contributed by atoms with van der Waals surface area (Å²) in [4.78, 5) is 12.5. The Morgan fingerprint density at radius 3 is 2.19 bits per heavy atom. The zero-order valence-electron chi connectivity index (χ0n) is 13.6. The number of alkyl halides is 3. The van der Waals surface area contributed by atoms with E-state index >= 15 is 0 Å². The van der Waals surface area contributed by atoms with Gasteiger partial charge in [-0.25, -0.2) is 0 Å². The van der Waals surface area contributed by atoms with Crippen molar-refractivity contribution in [2.75, 3.05) is 6.54 Å². The average molecular weight is 359 g/mol. The van der Waals surface area contributed by atoms with Crippen LogP contribution in [0, 0.1) is 0 Å². The predicted molar refractivity (Wildman–Crippen MR) is 92.7 cm³/mol. The molecule has 0 heterocycles. The molecule has 0 saturated heterocycles. The van der Waals surface area contributed by atoms with Gasteiger partial charge in [0.2, 0.25) is 5.60 Å². The summed E-state index contributed by atoms with van der Waals surface area (Å²) in [6, 6.07) is 18.8. The second kappa shape index (κ2) is 6.80. The Balaban J connectivity index is 1.89. The van der Waals surface area contributed by atoms with Crippen molar-refractivity contribution in [3.63, 3.8) is 0 Å². The van der Waals surface area contributed by atoms with Crippen LogP contribution in [0.2, 0.25) is 0 Å². The van der Waals surface area contributed by atoms with E-state index in [1.807, 2.05) is 18.2 Å². The van der Waals surface area contributed by atoms with E-state index in [4.69, 9.17) is 0 Å². The van der Waals surface area contributed by atoms with Gasteiger partial charge in [0.1, 0.15) is 0 Å². The van der Waals surface area contributed by atoms with Gasteiger partial charge < -0.3 is 10.4 Å². The molecule has 2 N–H and O–H groups in total. The van der Waals surface area contributed by atoms with Gasteiger partial charge in [-0.15, -0.1) is 0 Å². The second-order valence-corrected chi connectivity index (χ2v) is 5.93. The molecule has 134 valence electrons. The second-order valence-electron chi connectivity index (χ2n) is 5.93. The molecule has 1 atom stereocenters. The summed E-state index contributed by atoms with van der Waals surface area (Å²) in [5, 5.41) is 13.9. The molecule has 26 heavy (non-hydrogen) atoms. The Kier molecular flexibility index (Phi) is 4.70. The van der Waals surface area contributed by atoms with Crippen molar-refractivity contribution in [3.05, 3.63) is 83.9 Å². The van der Waals surface area contributed by atoms with Crippen molar-refractivity contribution in [1.29, 1.82) is 0 Å². The fourth-order valence-corrected chi connectivity index (χ4v) is 2.81. The minimum absolute atomic E-state index is 0.251. The first-order valence-corrected chi connectivity index (χ1v) is 7.93. The quantitative estimate of drug-likeness (QED) is 0.739. The maximum absolute atomic E-state index is 13.5. The number of carbonyl (C=O) groups is 1. The molecule has 3 rings (SSSR count). The standard InChI is InChI=1S/C20H16F3NO2/c21-20(22,23)19(26,15-9-2-1-3-10-15)13-24-18(25)17-12-6-8-14-7-4-5-11-16(14)17/h1-12,26H,13H2,(H,24,25). The van der Waals surface area contributed by atoms with Gasteiger partial charge in [-0.2, -0.15) is 13.2 Å². The van der Waals surface area contributed by atoms with E-state index in [2.05, 4.69) is 5.32 Å². The highest BCUT2D eigenvalue weighted by molar-refractivity contribution is 6.07. The van der Waals surface area contributed by atoms with Gasteiger partial charge in [0.15, 0.2) is 0 Å². The molecule has 3 aromatic rings. The summed E-state index contributed by atoms with van der Waals surface area (Å²) < 4.78 is 40.5. The Morgan fingerprint density at radius 1 is 0.885 bits per heavy atom. The molecular weight excluding hydrogens is 343 g/mol. The molecule has 3 nitrogen and oxygen atoms in total. The van der Waals surface area contributed by atoms with Crippen LogP contribution in [0.1, 0.15) is 15.9 Å². The van der Waals surface area contributed by atoms with E-state index in [1.165, 1.54) is 30.3 Å². The van der Waals surface area contributed by atoms with Crippen LogP contribution < -0.4 is 5.32 Å². The third kappa shape index (κ3) is 3.28. The van der Waals surface area contributed by atoms with E-state index < -0.39 is 24.2 Å². The molecule has 0 aliphatic heterocycles. The lowest BCUT2D eigenvalue weighted by atomic mass is 9.92. The zero-order valence-corrected chi connectivity index (χ0v) is 13.6. The Bertz CT molecular complexity index is 920. The Labute approximate surface area is 148 Å². The van der Waals surface area contributed by atoms with Crippen molar-refractivity contribution in [2.24, 2.45) is 0 Å². The maximum atomic E-state index is 13.5. The summed E-state index contributed by atoms with van der Waals surface area (Å²) in [5.41, 5.74) is -3.25. The lowest BCUT2D eigenvalue weighted by Crippen LogP contribution is -2.51. The topological polar surface area (TPSA) is 49.3 Å². The van der Waals surface area contributed by atoms with Gasteiger partial charge in [0, 0.05) is 5.56 Å². The summed E-state index contributed by atoms with van der Waals surface area (Å²) >= 11 is 0. The van der Waals surface area contributed by atoms with Crippen LogP contribution in [0.5, 0.6) is 0 Å². The predicted octanol–water partition coefficient (Wildman–Crippen LogP) is 4.02. The number of benzene rings is 3. The molecule has 0 aliphatic carbocycles. The van der Waals surface area contributed by atoms with Crippen molar-refractivity contribution in [1.82, 2.24) is 5.32 Å². The van der Waals surface area contributed by atoms with Crippen LogP contribution in [0.15, 0.2) is 72.8 Å². The highest BCUT2D eigenvalue weighted by Gasteiger charge is 2.55. The first-order chi connectivity index (χ1) is 12.3. The summed E-state index contributed by atoms with van der Waals surface area (Å²) in [6.45, 7) is -0.984. The van der Waals surface area contributed by atoms with Gasteiger partial charge in [-0.05, 0) is 22.4 Å². The molecule has 1 unspecified atom stereocenters. The van der Waals surface area contributed by atoms with Gasteiger partial charge >= 0.3 is 6.18 Å². The molecule has 0 fully saturated rings. The van der Waals surface area contributed by atoms with Crippen molar-refractivity contribution in [3.8, 4) is 0 Å². The highest BCUT2D eigenvalue weighted by Crippen LogP contribution is 2.38. The van der Waals surface area contributed by atoms with Gasteiger partial charge in [-0.1, -0.05) is 66.7 Å². The van der Waals surface area contributed by atoms with Gasteiger partial charge in [0.25, 0.3) is 5.91 Å². The summed E-state index contributed by atoms with van der Waals surface area (Å²) in [5.74, 6) is -0.680. The number of aliphatic hydroxyl groups is 1. The molecule has 0 saturated carbocycles. The van der Waals surface area contributed by atoms with E-state index in [9.17, 15) is 23.1 Å². The number of halogens is 3. The van der Waals surface area contributed by atoms with Crippen LogP contribution in [0.4, 0.5) is 13.2 Å². The van der Waals surface area contributed by atoms with Crippen LogP contribution in [0.25, 0.3) is 10.8 Å². The van der Waals surface area contributed by atoms with E-state index in [0.717, 1.165) is 5.39 Å². The van der Waals surface area contributed by atoms with Crippen LogP contribution in [-0.4, -0.2) is 23.7 Å². The minimum Gasteiger partial charge on any atom is -0.375 e. The lowest BCUT2D eigenvalue weighted by molar-refractivity contribution is -0.263. The van der Waals surface area contributed by atoms with E-state index in [0.29, 0.717) is 5.39 Å². The number of amides is 1. The number of nitrogens with one attached hydrogen (secondary N) is 1. The maximum Gasteiger partial charge on any atom is 0.423 e. The monoisotopic (exact) mass is 359 g/mol. The normalized spacial score (nSPS) is 14.0. The van der Waals surface area contributed by atoms with Gasteiger partial charge in [-0.3, -0.25) is 4.79 Å². The van der Waals surface area contributed by atoms with Crippen LogP contribution in [0.3, 0.4) is 0 Å². The molecule has 6 heteroatoms. The molecule has 3 aromatic carbocycles. The molecular formula is C20H16F3NO2. The van der Waals surface area contributed by atoms with Gasteiger partial charge in [0.05, 0.1) is 6.54 Å². The van der Waals surface area contributed by atoms with Crippen LogP contribution in [-0.2, 0) is 5.60 Å². The minimum atomic E-state index is -4.94. The smallest absolute Gasteiger partial charge is 0.375 e. The van der Waals surface area contributed by atoms with E-state index in [-0.39, 0.29) is 11.1 Å². The van der Waals surface area contributed by atoms with E-state index in [1.54, 1.807) is 24.3 Å². The molecule has 0 aromatic heterocycles. The zero-order chi connectivity index (χ0) is 18.8. The SMILES string of the molecule is O=C(NCC(O)(c1ccccc1)C(F)(F)F)c1cccc2ccccc12. The number of hydrogen-bond donors (Lipinski definition) is 2. The van der Waals surface area contributed by atoms with Crippen LogP contribution >= 0.6 is 0 Å². The third-order valence-electron chi connectivity index (χ3n) is 4.26. The largest absolute Gasteiger partial charge is 0.423 e. The number of hydrogen-bond acceptors (Lipinski definition) is 2. The third-order valence-corrected chi connectivity index (χ3v) is 4.26. The Morgan fingerprint density at radius 2 is 1.50 bits per heavy atom. The number of carbonyl (C=O) groups excluding carboxylic acids is 1. The fourth-order valence-electron chi connectivity index (χ4n) is 2.81. The fraction of sp³-hybridized carbons (Fsp3) is 0.150. The Hall–Kier alpha value is -2.86. The number of fused-ring (bicyclic) bond motifs is 1. The van der Waals surface area contributed by atoms with Crippen molar-refractivity contribution < 1.29 is 23.1 Å². The highest BCUT2D eigenvalue weighted by atomic mass is 19.4. The van der Waals surface area contributed by atoms with Crippen molar-refractivity contribution >= 4 is 16.7 Å². The average Bonchev–Trinajstić information content (AvgIpc) is 2.65. The summed E-state index contributed by atoms with van der Waals surface area (Å²) in [7, 11) is 0. The lowest BCUT2D eigenvalue weighted by Gasteiger charge is -2.31. The number of rotatable bonds is 4. The molecule has 0 bridgehead atoms.